The minimum Gasteiger partial charge on any atom is -0.378 e. The Labute approximate surface area is 150 Å². The van der Waals surface area contributed by atoms with E-state index in [1.54, 1.807) is 12.1 Å². The maximum absolute atomic E-state index is 11.4. The lowest BCUT2D eigenvalue weighted by atomic mass is 9.82. The van der Waals surface area contributed by atoms with E-state index in [0.717, 1.165) is 27.3 Å². The fourth-order valence-corrected chi connectivity index (χ4v) is 3.97. The first kappa shape index (κ1) is 16.5. The number of carbonyl (C=O) groups excluding carboxylic acids is 1. The van der Waals surface area contributed by atoms with Crippen molar-refractivity contribution in [3.63, 3.8) is 0 Å². The molecule has 26 heavy (non-hydrogen) atoms. The molecule has 0 N–H and O–H groups in total. The van der Waals surface area contributed by atoms with Gasteiger partial charge >= 0.3 is 0 Å². The molecule has 0 fully saturated rings. The van der Waals surface area contributed by atoms with Gasteiger partial charge in [-0.3, -0.25) is 10.1 Å². The Kier molecular flexibility index (Phi) is 4.03. The molecule has 1 aliphatic carbocycles. The molecule has 5 heteroatoms. The Hall–Kier alpha value is -3.01. The monoisotopic (exact) mass is 347 g/mol. The molecule has 0 spiro atoms. The molecule has 4 rings (SSSR count). The summed E-state index contributed by atoms with van der Waals surface area (Å²) in [6, 6.07) is 12.7. The summed E-state index contributed by atoms with van der Waals surface area (Å²) in [7, 11) is 0. The lowest BCUT2D eigenvalue weighted by Gasteiger charge is -2.26. The second kappa shape index (κ2) is 6.37. The SMILES string of the molecule is CCOC1CC(=C=O)c2ccc3c(ccc4c([N+](=O)[O-])cccc43)c2C1. The minimum atomic E-state index is -0.356. The second-order valence-corrected chi connectivity index (χ2v) is 6.45. The molecule has 0 radical (unpaired) electrons. The number of hydrogen-bond donors (Lipinski definition) is 0. The summed E-state index contributed by atoms with van der Waals surface area (Å²) in [6.45, 7) is 2.53. The molecular formula is C21H17NO4. The van der Waals surface area contributed by atoms with E-state index < -0.39 is 0 Å². The number of nitro groups is 1. The fourth-order valence-electron chi connectivity index (χ4n) is 3.97. The summed E-state index contributed by atoms with van der Waals surface area (Å²) < 4.78 is 5.77. The fraction of sp³-hybridized carbons (Fsp3) is 0.238. The van der Waals surface area contributed by atoms with Gasteiger partial charge in [-0.1, -0.05) is 30.3 Å². The van der Waals surface area contributed by atoms with Crippen molar-refractivity contribution in [3.8, 4) is 0 Å². The van der Waals surface area contributed by atoms with Gasteiger partial charge < -0.3 is 4.74 Å². The molecule has 0 aromatic heterocycles. The largest absolute Gasteiger partial charge is 0.378 e. The number of benzene rings is 3. The molecule has 0 saturated heterocycles. The minimum absolute atomic E-state index is 0.0460. The predicted octanol–water partition coefficient (Wildman–Crippen LogP) is 4.47. The van der Waals surface area contributed by atoms with Crippen LogP contribution in [0.3, 0.4) is 0 Å². The van der Waals surface area contributed by atoms with Crippen LogP contribution in [0, 0.1) is 10.1 Å². The Bertz CT molecular complexity index is 1100. The van der Waals surface area contributed by atoms with Crippen molar-refractivity contribution in [2.45, 2.75) is 25.9 Å². The van der Waals surface area contributed by atoms with E-state index in [4.69, 9.17) is 4.74 Å². The Morgan fingerprint density at radius 2 is 1.81 bits per heavy atom. The van der Waals surface area contributed by atoms with E-state index >= 15 is 0 Å². The summed E-state index contributed by atoms with van der Waals surface area (Å²) in [5.41, 5.74) is 2.70. The summed E-state index contributed by atoms with van der Waals surface area (Å²) in [4.78, 5) is 22.4. The van der Waals surface area contributed by atoms with Crippen LogP contribution in [0.5, 0.6) is 0 Å². The number of nitro benzene ring substituents is 1. The van der Waals surface area contributed by atoms with Crippen LogP contribution < -0.4 is 0 Å². The topological polar surface area (TPSA) is 69.4 Å². The van der Waals surface area contributed by atoms with Crippen LogP contribution in [0.25, 0.3) is 27.1 Å². The van der Waals surface area contributed by atoms with Gasteiger partial charge in [0.25, 0.3) is 5.69 Å². The van der Waals surface area contributed by atoms with E-state index in [-0.39, 0.29) is 16.7 Å². The van der Waals surface area contributed by atoms with Crippen molar-refractivity contribution in [2.75, 3.05) is 6.61 Å². The first-order valence-electron chi connectivity index (χ1n) is 8.61. The highest BCUT2D eigenvalue weighted by molar-refractivity contribution is 6.12. The summed E-state index contributed by atoms with van der Waals surface area (Å²) in [5.74, 6) is 2.07. The number of rotatable bonds is 3. The molecule has 0 amide bonds. The second-order valence-electron chi connectivity index (χ2n) is 6.45. The highest BCUT2D eigenvalue weighted by Gasteiger charge is 2.26. The predicted molar refractivity (Wildman–Crippen MR) is 101 cm³/mol. The van der Waals surface area contributed by atoms with Crippen LogP contribution in [-0.4, -0.2) is 23.6 Å². The van der Waals surface area contributed by atoms with E-state index in [1.165, 1.54) is 6.07 Å². The maximum Gasteiger partial charge on any atom is 0.277 e. The van der Waals surface area contributed by atoms with Crippen LogP contribution in [0.2, 0.25) is 0 Å². The number of fused-ring (bicyclic) bond motifs is 5. The van der Waals surface area contributed by atoms with Crippen LogP contribution in [0.15, 0.2) is 42.5 Å². The first-order valence-corrected chi connectivity index (χ1v) is 8.61. The van der Waals surface area contributed by atoms with Crippen LogP contribution in [0.4, 0.5) is 5.69 Å². The highest BCUT2D eigenvalue weighted by atomic mass is 16.6. The Morgan fingerprint density at radius 1 is 1.08 bits per heavy atom. The van der Waals surface area contributed by atoms with Crippen LogP contribution in [0.1, 0.15) is 24.5 Å². The molecule has 0 saturated carbocycles. The van der Waals surface area contributed by atoms with Crippen molar-refractivity contribution < 1.29 is 14.5 Å². The average molecular weight is 347 g/mol. The van der Waals surface area contributed by atoms with Gasteiger partial charge in [0.05, 0.1) is 16.4 Å². The molecule has 0 bridgehead atoms. The third kappa shape index (κ3) is 2.49. The molecule has 130 valence electrons. The van der Waals surface area contributed by atoms with Crippen LogP contribution >= 0.6 is 0 Å². The molecule has 5 nitrogen and oxygen atoms in total. The molecule has 1 unspecified atom stereocenters. The third-order valence-corrected chi connectivity index (χ3v) is 5.06. The zero-order chi connectivity index (χ0) is 18.3. The average Bonchev–Trinajstić information content (AvgIpc) is 2.66. The van der Waals surface area contributed by atoms with Gasteiger partial charge in [0.1, 0.15) is 5.94 Å². The molecular weight excluding hydrogens is 330 g/mol. The summed E-state index contributed by atoms with van der Waals surface area (Å²) in [5, 5.41) is 14.7. The zero-order valence-electron chi connectivity index (χ0n) is 14.3. The number of hydrogen-bond acceptors (Lipinski definition) is 4. The van der Waals surface area contributed by atoms with E-state index in [2.05, 4.69) is 5.94 Å². The van der Waals surface area contributed by atoms with E-state index in [9.17, 15) is 14.9 Å². The van der Waals surface area contributed by atoms with Crippen molar-refractivity contribution >= 4 is 38.7 Å². The van der Waals surface area contributed by atoms with Gasteiger partial charge in [0.2, 0.25) is 0 Å². The number of nitrogens with zero attached hydrogens (tertiary/aromatic N) is 1. The zero-order valence-corrected chi connectivity index (χ0v) is 14.3. The maximum atomic E-state index is 11.4. The lowest BCUT2D eigenvalue weighted by molar-refractivity contribution is -0.383. The van der Waals surface area contributed by atoms with Gasteiger partial charge in [-0.2, -0.15) is 0 Å². The number of ether oxygens (including phenoxy) is 1. The molecule has 1 aliphatic rings. The van der Waals surface area contributed by atoms with Gasteiger partial charge in [-0.25, -0.2) is 4.79 Å². The molecule has 3 aromatic carbocycles. The Morgan fingerprint density at radius 3 is 2.54 bits per heavy atom. The quantitative estimate of drug-likeness (QED) is 0.303. The lowest BCUT2D eigenvalue weighted by Crippen LogP contribution is -2.22. The van der Waals surface area contributed by atoms with E-state index in [0.29, 0.717) is 30.4 Å². The van der Waals surface area contributed by atoms with Gasteiger partial charge in [0, 0.05) is 31.1 Å². The van der Waals surface area contributed by atoms with Crippen molar-refractivity contribution in [1.82, 2.24) is 0 Å². The van der Waals surface area contributed by atoms with Crippen molar-refractivity contribution in [3.05, 3.63) is 63.7 Å². The Balaban J connectivity index is 2.01. The van der Waals surface area contributed by atoms with Gasteiger partial charge in [0.15, 0.2) is 0 Å². The molecule has 0 aliphatic heterocycles. The smallest absolute Gasteiger partial charge is 0.277 e. The highest BCUT2D eigenvalue weighted by Crippen LogP contribution is 2.39. The first-order chi connectivity index (χ1) is 12.6. The third-order valence-electron chi connectivity index (χ3n) is 5.06. The van der Waals surface area contributed by atoms with Crippen LogP contribution in [-0.2, 0) is 16.0 Å². The van der Waals surface area contributed by atoms with E-state index in [1.807, 2.05) is 31.2 Å². The summed E-state index contributed by atoms with van der Waals surface area (Å²) >= 11 is 0. The van der Waals surface area contributed by atoms with Crippen molar-refractivity contribution in [2.24, 2.45) is 0 Å². The molecule has 3 aromatic rings. The standard InChI is InChI=1S/C21H17NO4/c1-2-26-14-10-13(12-23)15-6-7-17-16-4-3-5-21(22(24)25)19(16)9-8-18(17)20(15)11-14/h3-9,14H,2,10-11H2,1H3. The normalized spacial score (nSPS) is 16.5. The molecule has 0 heterocycles. The van der Waals surface area contributed by atoms with Gasteiger partial charge in [-0.15, -0.1) is 0 Å². The molecule has 1 atom stereocenters. The van der Waals surface area contributed by atoms with Crippen molar-refractivity contribution in [1.29, 1.82) is 0 Å². The summed E-state index contributed by atoms with van der Waals surface area (Å²) in [6.07, 6.45) is 1.23. The number of non-ortho nitro benzene ring substituents is 1. The van der Waals surface area contributed by atoms with Gasteiger partial charge in [-0.05, 0) is 40.3 Å².